The molecule has 1 aliphatic rings. The van der Waals surface area contributed by atoms with Crippen LogP contribution in [-0.4, -0.2) is 0 Å². The van der Waals surface area contributed by atoms with E-state index in [1.54, 1.807) is 0 Å². The van der Waals surface area contributed by atoms with E-state index in [0.29, 0.717) is 5.41 Å². The fourth-order valence-corrected chi connectivity index (χ4v) is 14.8. The van der Waals surface area contributed by atoms with Gasteiger partial charge in [0, 0.05) is 0 Å². The number of halogens is 1. The molecule has 1 fully saturated rings. The van der Waals surface area contributed by atoms with Gasteiger partial charge >= 0.3 is 111 Å². The van der Waals surface area contributed by atoms with Gasteiger partial charge in [-0.2, -0.15) is 0 Å². The summed E-state index contributed by atoms with van der Waals surface area (Å²) in [5.74, 6) is 1.00. The molecule has 1 saturated carbocycles. The molecule has 0 atom stereocenters. The van der Waals surface area contributed by atoms with Crippen molar-refractivity contribution in [3.63, 3.8) is 0 Å². The third kappa shape index (κ3) is 4.95. The summed E-state index contributed by atoms with van der Waals surface area (Å²) in [5.41, 5.74) is 0.415. The molecule has 0 heterocycles. The number of rotatable bonds is 2. The molecule has 0 bridgehead atoms. The quantitative estimate of drug-likeness (QED) is 0.379. The Balaban J connectivity index is 2.64. The predicted molar refractivity (Wildman–Crippen MR) is 68.1 cm³/mol. The predicted octanol–water partition coefficient (Wildman–Crippen LogP) is 4.93. The van der Waals surface area contributed by atoms with Crippen molar-refractivity contribution in [1.82, 2.24) is 0 Å². The van der Waals surface area contributed by atoms with Crippen molar-refractivity contribution in [3.05, 3.63) is 9.16 Å². The molecule has 0 amide bonds. The van der Waals surface area contributed by atoms with Gasteiger partial charge in [-0.05, 0) is 0 Å². The van der Waals surface area contributed by atoms with Crippen molar-refractivity contribution in [2.75, 3.05) is 0 Å². The van der Waals surface area contributed by atoms with E-state index in [9.17, 15) is 0 Å². The monoisotopic (exact) mass is 494 g/mol. The van der Waals surface area contributed by atoms with Crippen LogP contribution in [0.4, 0.5) is 0 Å². The average molecular weight is 493 g/mol. The molecule has 14 heavy (non-hydrogen) atoms. The third-order valence-electron chi connectivity index (χ3n) is 2.90. The van der Waals surface area contributed by atoms with Gasteiger partial charge in [-0.15, -0.1) is 0 Å². The molecule has 0 nitrogen and oxygen atoms in total. The molecule has 0 spiro atoms. The Bertz CT molecular complexity index is 197. The minimum absolute atomic E-state index is 0.415. The van der Waals surface area contributed by atoms with Gasteiger partial charge in [-0.25, -0.2) is 0 Å². The van der Waals surface area contributed by atoms with Crippen molar-refractivity contribution < 1.29 is 20.2 Å². The van der Waals surface area contributed by atoms with Gasteiger partial charge in [0.05, 0.1) is 0 Å². The molecule has 0 saturated heterocycles. The Morgan fingerprint density at radius 3 is 2.21 bits per heavy atom. The second kappa shape index (κ2) is 6.22. The average Bonchev–Trinajstić information content (AvgIpc) is 2.14. The van der Waals surface area contributed by atoms with Crippen LogP contribution in [0.15, 0.2) is 9.16 Å². The molecule has 0 N–H and O–H groups in total. The van der Waals surface area contributed by atoms with Crippen LogP contribution in [0.2, 0.25) is 0 Å². The molecule has 0 radical (unpaired) electrons. The first kappa shape index (κ1) is 13.5. The molecule has 1 aliphatic carbocycles. The Labute approximate surface area is 110 Å². The standard InChI is InChI=1S/C12H21.Hg.HI/c1-12(2,3)10-9-11-7-5-4-6-8-11;;/h10-11H,4-8H2,1-3H3;;1H/q;+1;/p-1. The van der Waals surface area contributed by atoms with Crippen LogP contribution >= 0.6 is 17.7 Å². The molecule has 0 aliphatic heterocycles. The van der Waals surface area contributed by atoms with E-state index in [0.717, 1.165) is 5.92 Å². The van der Waals surface area contributed by atoms with Crippen molar-refractivity contribution in [2.24, 2.45) is 11.3 Å². The van der Waals surface area contributed by atoms with Crippen LogP contribution in [0.25, 0.3) is 0 Å². The molecule has 1 rings (SSSR count). The second-order valence-electron chi connectivity index (χ2n) is 5.55. The second-order valence-corrected chi connectivity index (χ2v) is 16.5. The SMILES string of the molecule is CC(C)(C)/C=[C](\[Hg][I])C1CCCCC1. The summed E-state index contributed by atoms with van der Waals surface area (Å²) in [4.78, 5) is 0. The number of hydrogen-bond donors (Lipinski definition) is 0. The molecular formula is C12H21HgI. The number of allylic oxidation sites excluding steroid dienone is 2. The van der Waals surface area contributed by atoms with Crippen LogP contribution in [0.1, 0.15) is 52.9 Å². The van der Waals surface area contributed by atoms with Gasteiger partial charge in [0.15, 0.2) is 0 Å². The molecule has 0 aromatic heterocycles. The van der Waals surface area contributed by atoms with Crippen molar-refractivity contribution in [2.45, 2.75) is 52.9 Å². The zero-order valence-corrected chi connectivity index (χ0v) is 17.4. The van der Waals surface area contributed by atoms with E-state index >= 15 is 0 Å². The molecule has 0 unspecified atom stereocenters. The molecule has 2 heteroatoms. The first-order chi connectivity index (χ1) is 6.53. The van der Waals surface area contributed by atoms with E-state index in [1.807, 2.05) is 3.08 Å². The summed E-state index contributed by atoms with van der Waals surface area (Å²) >= 11 is 2.07. The summed E-state index contributed by atoms with van der Waals surface area (Å²) in [7, 11) is 0. The molecule has 78 valence electrons. The van der Waals surface area contributed by atoms with Crippen LogP contribution in [0.5, 0.6) is 0 Å². The van der Waals surface area contributed by atoms with Crippen LogP contribution < -0.4 is 0 Å². The summed E-state index contributed by atoms with van der Waals surface area (Å²) in [5, 5.41) is 0. The Hall–Kier alpha value is 1.41. The third-order valence-corrected chi connectivity index (χ3v) is 14.9. The van der Waals surface area contributed by atoms with E-state index in [4.69, 9.17) is 0 Å². The fourth-order valence-electron chi connectivity index (χ4n) is 2.30. The molecular weight excluding hydrogens is 472 g/mol. The van der Waals surface area contributed by atoms with E-state index in [2.05, 4.69) is 44.5 Å². The van der Waals surface area contributed by atoms with Crippen molar-refractivity contribution in [3.8, 4) is 0 Å². The zero-order valence-electron chi connectivity index (χ0n) is 9.78. The van der Waals surface area contributed by atoms with Crippen molar-refractivity contribution >= 4 is 17.7 Å². The maximum absolute atomic E-state index is 2.75. The zero-order chi connectivity index (χ0) is 10.6. The first-order valence-electron chi connectivity index (χ1n) is 5.80. The van der Waals surface area contributed by atoms with Crippen molar-refractivity contribution in [1.29, 1.82) is 0 Å². The normalized spacial score (nSPS) is 20.7. The molecule has 0 aromatic carbocycles. The van der Waals surface area contributed by atoms with Crippen LogP contribution in [-0.2, 0) is 20.2 Å². The summed E-state index contributed by atoms with van der Waals surface area (Å²) in [6.45, 7) is 7.03. The van der Waals surface area contributed by atoms with Gasteiger partial charge in [-0.1, -0.05) is 0 Å². The van der Waals surface area contributed by atoms with Gasteiger partial charge in [-0.3, -0.25) is 0 Å². The Morgan fingerprint density at radius 2 is 1.79 bits per heavy atom. The van der Waals surface area contributed by atoms with Crippen LogP contribution in [0.3, 0.4) is 0 Å². The molecule has 0 aromatic rings. The first-order valence-corrected chi connectivity index (χ1v) is 24.0. The topological polar surface area (TPSA) is 0 Å². The van der Waals surface area contributed by atoms with Crippen LogP contribution in [0, 0.1) is 11.3 Å². The minimum atomic E-state index is -0.678. The Morgan fingerprint density at radius 1 is 1.21 bits per heavy atom. The van der Waals surface area contributed by atoms with E-state index in [-0.39, 0.29) is 0 Å². The van der Waals surface area contributed by atoms with Gasteiger partial charge < -0.3 is 0 Å². The summed E-state index contributed by atoms with van der Waals surface area (Å²) in [6, 6.07) is 0. The fraction of sp³-hybridized carbons (Fsp3) is 0.833. The maximum atomic E-state index is 2.75. The van der Waals surface area contributed by atoms with Gasteiger partial charge in [0.25, 0.3) is 0 Å². The summed E-state index contributed by atoms with van der Waals surface area (Å²) in [6.07, 6.45) is 10.0. The summed E-state index contributed by atoms with van der Waals surface area (Å²) < 4.78 is 1.93. The number of hydrogen-bond acceptors (Lipinski definition) is 0. The van der Waals surface area contributed by atoms with Gasteiger partial charge in [0.2, 0.25) is 0 Å². The van der Waals surface area contributed by atoms with E-state index < -0.39 is 20.2 Å². The Kier molecular flexibility index (Phi) is 5.98. The van der Waals surface area contributed by atoms with E-state index in [1.165, 1.54) is 32.1 Å². The van der Waals surface area contributed by atoms with Gasteiger partial charge in [0.1, 0.15) is 0 Å².